The number of carbonyl (C=O) groups excluding carboxylic acids is 2. The van der Waals surface area contributed by atoms with E-state index in [1.807, 2.05) is 60.0 Å². The lowest BCUT2D eigenvalue weighted by Gasteiger charge is -2.18. The minimum atomic E-state index is -0.176. The second kappa shape index (κ2) is 6.63. The van der Waals surface area contributed by atoms with Crippen molar-refractivity contribution in [1.82, 2.24) is 14.9 Å². The number of hydrogen-bond donors (Lipinski definition) is 1. The van der Waals surface area contributed by atoms with Crippen molar-refractivity contribution in [2.75, 3.05) is 11.4 Å². The quantitative estimate of drug-likeness (QED) is 0.786. The molecule has 0 saturated carbocycles. The fourth-order valence-corrected chi connectivity index (χ4v) is 3.41. The Hall–Kier alpha value is -3.15. The molecular formula is C20H20N4O2. The third kappa shape index (κ3) is 3.18. The van der Waals surface area contributed by atoms with Crippen LogP contribution in [0.4, 0.5) is 5.69 Å². The van der Waals surface area contributed by atoms with Gasteiger partial charge in [0.05, 0.1) is 23.4 Å². The second-order valence-electron chi connectivity index (χ2n) is 6.67. The molecule has 1 aliphatic rings. The average Bonchev–Trinajstić information content (AvgIpc) is 3.19. The Morgan fingerprint density at radius 1 is 1.23 bits per heavy atom. The zero-order chi connectivity index (χ0) is 18.1. The minimum Gasteiger partial charge on any atom is -0.349 e. The average molecular weight is 348 g/mol. The molecule has 2 amide bonds. The number of hydrogen-bond acceptors (Lipinski definition) is 3. The molecule has 1 N–H and O–H groups in total. The molecule has 6 nitrogen and oxygen atoms in total. The highest BCUT2D eigenvalue weighted by Gasteiger charge is 2.31. The first kappa shape index (κ1) is 16.3. The van der Waals surface area contributed by atoms with Crippen LogP contribution in [0.2, 0.25) is 0 Å². The zero-order valence-corrected chi connectivity index (χ0v) is 14.6. The predicted octanol–water partition coefficient (Wildman–Crippen LogP) is 2.27. The van der Waals surface area contributed by atoms with Crippen LogP contribution in [0.25, 0.3) is 11.0 Å². The first-order valence-electron chi connectivity index (χ1n) is 8.66. The van der Waals surface area contributed by atoms with E-state index in [1.165, 1.54) is 0 Å². The fourth-order valence-electron chi connectivity index (χ4n) is 3.41. The number of para-hydroxylation sites is 2. The van der Waals surface area contributed by atoms with Crippen molar-refractivity contribution in [3.63, 3.8) is 0 Å². The molecule has 1 aliphatic heterocycles. The summed E-state index contributed by atoms with van der Waals surface area (Å²) in [6, 6.07) is 15.4. The summed E-state index contributed by atoms with van der Waals surface area (Å²) < 4.78 is 1.82. The number of benzene rings is 2. The molecule has 2 aromatic carbocycles. The lowest BCUT2D eigenvalue weighted by Crippen LogP contribution is -2.38. The Morgan fingerprint density at radius 2 is 2.08 bits per heavy atom. The molecule has 3 aromatic rings. The normalized spacial score (nSPS) is 17.0. The number of nitrogens with one attached hydrogen (secondary N) is 1. The van der Waals surface area contributed by atoms with Gasteiger partial charge < -0.3 is 14.8 Å². The summed E-state index contributed by atoms with van der Waals surface area (Å²) in [6.45, 7) is 2.69. The van der Waals surface area contributed by atoms with E-state index >= 15 is 0 Å². The molecule has 1 aromatic heterocycles. The number of nitrogens with zero attached hydrogens (tertiary/aromatic N) is 3. The van der Waals surface area contributed by atoms with E-state index in [2.05, 4.69) is 10.3 Å². The lowest BCUT2D eigenvalue weighted by molar-refractivity contribution is -0.122. The number of rotatable bonds is 4. The number of imidazole rings is 1. The Bertz CT molecular complexity index is 979. The number of anilines is 1. The molecule has 132 valence electrons. The van der Waals surface area contributed by atoms with Crippen LogP contribution in [-0.4, -0.2) is 34.0 Å². The molecule has 1 saturated heterocycles. The van der Waals surface area contributed by atoms with Crippen molar-refractivity contribution in [1.29, 1.82) is 0 Å². The number of aromatic nitrogens is 2. The van der Waals surface area contributed by atoms with Gasteiger partial charge in [0, 0.05) is 18.7 Å². The summed E-state index contributed by atoms with van der Waals surface area (Å²) in [6.07, 6.45) is 1.99. The highest BCUT2D eigenvalue weighted by Crippen LogP contribution is 2.22. The Morgan fingerprint density at radius 3 is 2.92 bits per heavy atom. The number of fused-ring (bicyclic) bond motifs is 1. The van der Waals surface area contributed by atoms with Gasteiger partial charge in [0.15, 0.2) is 0 Å². The number of carbonyl (C=O) groups is 2. The molecule has 6 heteroatoms. The summed E-state index contributed by atoms with van der Waals surface area (Å²) in [5, 5.41) is 2.98. The maximum atomic E-state index is 12.4. The van der Waals surface area contributed by atoms with Crippen LogP contribution < -0.4 is 10.2 Å². The van der Waals surface area contributed by atoms with E-state index in [4.69, 9.17) is 0 Å². The van der Waals surface area contributed by atoms with Gasteiger partial charge in [-0.05, 0) is 36.8 Å². The molecule has 2 heterocycles. The van der Waals surface area contributed by atoms with Gasteiger partial charge in [0.25, 0.3) is 0 Å². The SMILES string of the molecule is Cc1cccc(N2CC(NC(=O)Cn3cnc4ccccc43)CC2=O)c1. The van der Waals surface area contributed by atoms with E-state index < -0.39 is 0 Å². The molecule has 4 rings (SSSR count). The molecule has 0 radical (unpaired) electrons. The molecule has 1 unspecified atom stereocenters. The minimum absolute atomic E-state index is 0.0361. The first-order chi connectivity index (χ1) is 12.6. The first-order valence-corrected chi connectivity index (χ1v) is 8.66. The monoisotopic (exact) mass is 348 g/mol. The van der Waals surface area contributed by atoms with Gasteiger partial charge in [-0.3, -0.25) is 9.59 Å². The van der Waals surface area contributed by atoms with Crippen molar-refractivity contribution in [3.05, 3.63) is 60.4 Å². The van der Waals surface area contributed by atoms with Gasteiger partial charge in [-0.15, -0.1) is 0 Å². The largest absolute Gasteiger partial charge is 0.349 e. The highest BCUT2D eigenvalue weighted by atomic mass is 16.2. The van der Waals surface area contributed by atoms with Crippen LogP contribution in [0.5, 0.6) is 0 Å². The predicted molar refractivity (Wildman–Crippen MR) is 99.8 cm³/mol. The van der Waals surface area contributed by atoms with Crippen molar-refractivity contribution < 1.29 is 9.59 Å². The van der Waals surface area contributed by atoms with Crippen LogP contribution in [0.15, 0.2) is 54.9 Å². The third-order valence-electron chi connectivity index (χ3n) is 4.64. The molecule has 26 heavy (non-hydrogen) atoms. The smallest absolute Gasteiger partial charge is 0.240 e. The fraction of sp³-hybridized carbons (Fsp3) is 0.250. The molecule has 0 aliphatic carbocycles. The summed E-state index contributed by atoms with van der Waals surface area (Å²) in [7, 11) is 0. The van der Waals surface area contributed by atoms with Gasteiger partial charge in [-0.2, -0.15) is 0 Å². The summed E-state index contributed by atoms with van der Waals surface area (Å²) >= 11 is 0. The van der Waals surface area contributed by atoms with Gasteiger partial charge in [-0.25, -0.2) is 4.98 Å². The van der Waals surface area contributed by atoms with Crippen LogP contribution in [0.3, 0.4) is 0 Å². The number of aryl methyl sites for hydroxylation is 1. The van der Waals surface area contributed by atoms with Crippen molar-refractivity contribution in [2.24, 2.45) is 0 Å². The van der Waals surface area contributed by atoms with Crippen LogP contribution in [0.1, 0.15) is 12.0 Å². The molecule has 0 spiro atoms. The van der Waals surface area contributed by atoms with Crippen molar-refractivity contribution >= 4 is 28.5 Å². The van der Waals surface area contributed by atoms with E-state index in [0.29, 0.717) is 13.0 Å². The van der Waals surface area contributed by atoms with E-state index in [-0.39, 0.29) is 24.4 Å². The highest BCUT2D eigenvalue weighted by molar-refractivity contribution is 5.97. The Labute approximate surface area is 151 Å². The van der Waals surface area contributed by atoms with Gasteiger partial charge in [-0.1, -0.05) is 24.3 Å². The molecular weight excluding hydrogens is 328 g/mol. The summed E-state index contributed by atoms with van der Waals surface area (Å²) in [4.78, 5) is 30.8. The van der Waals surface area contributed by atoms with Crippen LogP contribution >= 0.6 is 0 Å². The van der Waals surface area contributed by atoms with Crippen LogP contribution in [-0.2, 0) is 16.1 Å². The second-order valence-corrected chi connectivity index (χ2v) is 6.67. The topological polar surface area (TPSA) is 67.2 Å². The third-order valence-corrected chi connectivity index (χ3v) is 4.64. The van der Waals surface area contributed by atoms with Crippen molar-refractivity contribution in [3.8, 4) is 0 Å². The molecule has 0 bridgehead atoms. The summed E-state index contributed by atoms with van der Waals surface area (Å²) in [5.74, 6) is -0.0778. The zero-order valence-electron chi connectivity index (χ0n) is 14.6. The number of amides is 2. The van der Waals surface area contributed by atoms with E-state index in [1.54, 1.807) is 11.2 Å². The maximum absolute atomic E-state index is 12.4. The van der Waals surface area contributed by atoms with Gasteiger partial charge >= 0.3 is 0 Å². The van der Waals surface area contributed by atoms with E-state index in [0.717, 1.165) is 22.3 Å². The Kier molecular flexibility index (Phi) is 4.16. The maximum Gasteiger partial charge on any atom is 0.240 e. The van der Waals surface area contributed by atoms with Gasteiger partial charge in [0.2, 0.25) is 11.8 Å². The van der Waals surface area contributed by atoms with Crippen LogP contribution in [0, 0.1) is 6.92 Å². The Balaban J connectivity index is 1.41. The molecule has 1 fully saturated rings. The van der Waals surface area contributed by atoms with E-state index in [9.17, 15) is 9.59 Å². The lowest BCUT2D eigenvalue weighted by atomic mass is 10.2. The standard InChI is InChI=1S/C20H20N4O2/c1-14-5-4-6-16(9-14)24-11-15(10-20(24)26)22-19(25)12-23-13-21-17-7-2-3-8-18(17)23/h2-9,13,15H,10-12H2,1H3,(H,22,25). The summed E-state index contributed by atoms with van der Waals surface area (Å²) in [5.41, 5.74) is 3.77. The molecule has 1 atom stereocenters. The van der Waals surface area contributed by atoms with Crippen molar-refractivity contribution in [2.45, 2.75) is 25.9 Å². The van der Waals surface area contributed by atoms with Gasteiger partial charge in [0.1, 0.15) is 6.54 Å².